The maximum atomic E-state index is 11.1. The average molecular weight is 204 g/mol. The molecule has 4 heteroatoms. The fourth-order valence-corrected chi connectivity index (χ4v) is 2.48. The fourth-order valence-electron chi connectivity index (χ4n) is 1.71. The summed E-state index contributed by atoms with van der Waals surface area (Å²) in [7, 11) is 2.00. The normalized spacial score (nSPS) is 11.5. The Kier molecular flexibility index (Phi) is 1.39. The number of hydrogen-bond acceptors (Lipinski definition) is 2. The van der Waals surface area contributed by atoms with Gasteiger partial charge in [-0.3, -0.25) is 4.79 Å². The Balaban J connectivity index is 2.59. The Hall–Kier alpha value is -1.55. The number of rotatable bonds is 0. The van der Waals surface area contributed by atoms with E-state index in [1.165, 1.54) is 16.7 Å². The van der Waals surface area contributed by atoms with Crippen molar-refractivity contribution < 1.29 is 0 Å². The van der Waals surface area contributed by atoms with Crippen LogP contribution in [0.15, 0.2) is 29.2 Å². The largest absolute Gasteiger partial charge is 0.350 e. The standard InChI is InChI=1S/C10H8N2OS/c1-12-3-2-6-4-9-7(5-8(6)12)11-10(13)14-9/h2-5H,1H3,(H,11,13). The zero-order valence-electron chi connectivity index (χ0n) is 7.57. The molecule has 0 amide bonds. The number of hydrogen-bond donors (Lipinski definition) is 1. The SMILES string of the molecule is Cn1ccc2cc3sc(=O)[nH]c3cc21. The van der Waals surface area contributed by atoms with Crippen molar-refractivity contribution in [2.45, 2.75) is 0 Å². The van der Waals surface area contributed by atoms with Gasteiger partial charge in [-0.05, 0) is 18.2 Å². The summed E-state index contributed by atoms with van der Waals surface area (Å²) in [6, 6.07) is 6.12. The maximum absolute atomic E-state index is 11.1. The van der Waals surface area contributed by atoms with Crippen molar-refractivity contribution in [3.05, 3.63) is 34.1 Å². The first-order valence-electron chi connectivity index (χ1n) is 4.32. The summed E-state index contributed by atoms with van der Waals surface area (Å²) in [6.07, 6.45) is 2.02. The van der Waals surface area contributed by atoms with Crippen LogP contribution in [0.1, 0.15) is 0 Å². The van der Waals surface area contributed by atoms with E-state index in [1.54, 1.807) is 0 Å². The Morgan fingerprint density at radius 1 is 1.43 bits per heavy atom. The highest BCUT2D eigenvalue weighted by Crippen LogP contribution is 2.23. The monoisotopic (exact) mass is 204 g/mol. The fraction of sp³-hybridized carbons (Fsp3) is 0.100. The lowest BCUT2D eigenvalue weighted by Gasteiger charge is -1.95. The van der Waals surface area contributed by atoms with E-state index < -0.39 is 0 Å². The summed E-state index contributed by atoms with van der Waals surface area (Å²) in [5, 5.41) is 1.18. The van der Waals surface area contributed by atoms with Gasteiger partial charge in [-0.25, -0.2) is 0 Å². The molecule has 0 saturated carbocycles. The Morgan fingerprint density at radius 2 is 2.29 bits per heavy atom. The summed E-state index contributed by atoms with van der Waals surface area (Å²) in [6.45, 7) is 0. The summed E-state index contributed by atoms with van der Waals surface area (Å²) in [4.78, 5) is 14.0. The van der Waals surface area contributed by atoms with Gasteiger partial charge < -0.3 is 9.55 Å². The van der Waals surface area contributed by atoms with Crippen molar-refractivity contribution in [1.29, 1.82) is 0 Å². The molecule has 0 aliphatic carbocycles. The number of aryl methyl sites for hydroxylation is 1. The van der Waals surface area contributed by atoms with E-state index in [-0.39, 0.29) is 4.87 Å². The first-order chi connectivity index (χ1) is 6.74. The molecule has 70 valence electrons. The topological polar surface area (TPSA) is 37.8 Å². The van der Waals surface area contributed by atoms with E-state index in [2.05, 4.69) is 11.1 Å². The second-order valence-corrected chi connectivity index (χ2v) is 4.36. The third kappa shape index (κ3) is 0.943. The minimum absolute atomic E-state index is 0.00954. The smallest absolute Gasteiger partial charge is 0.305 e. The molecule has 2 heterocycles. The van der Waals surface area contributed by atoms with Crippen LogP contribution in [0.5, 0.6) is 0 Å². The number of nitrogens with one attached hydrogen (secondary N) is 1. The van der Waals surface area contributed by atoms with Crippen molar-refractivity contribution >= 4 is 32.5 Å². The first-order valence-corrected chi connectivity index (χ1v) is 5.13. The summed E-state index contributed by atoms with van der Waals surface area (Å²) in [5.41, 5.74) is 2.07. The minimum Gasteiger partial charge on any atom is -0.350 e. The first kappa shape index (κ1) is 7.82. The van der Waals surface area contributed by atoms with Crippen molar-refractivity contribution in [3.63, 3.8) is 0 Å². The third-order valence-electron chi connectivity index (χ3n) is 2.43. The molecule has 0 spiro atoms. The lowest BCUT2D eigenvalue weighted by molar-refractivity contribution is 0.970. The molecule has 3 rings (SSSR count). The van der Waals surface area contributed by atoms with E-state index in [0.29, 0.717) is 0 Å². The molecule has 0 atom stereocenters. The number of nitrogens with zero attached hydrogens (tertiary/aromatic N) is 1. The molecule has 0 radical (unpaired) electrons. The third-order valence-corrected chi connectivity index (χ3v) is 3.27. The van der Waals surface area contributed by atoms with Crippen LogP contribution >= 0.6 is 11.3 Å². The van der Waals surface area contributed by atoms with Gasteiger partial charge in [0.15, 0.2) is 0 Å². The van der Waals surface area contributed by atoms with Gasteiger partial charge in [-0.1, -0.05) is 11.3 Å². The zero-order chi connectivity index (χ0) is 9.71. The van der Waals surface area contributed by atoms with E-state index in [4.69, 9.17) is 0 Å². The molecule has 0 unspecified atom stereocenters. The molecule has 0 fully saturated rings. The second-order valence-electron chi connectivity index (χ2n) is 3.35. The van der Waals surface area contributed by atoms with Crippen molar-refractivity contribution in [1.82, 2.24) is 9.55 Å². The van der Waals surface area contributed by atoms with Crippen LogP contribution in [0.2, 0.25) is 0 Å². The van der Waals surface area contributed by atoms with Gasteiger partial charge in [-0.2, -0.15) is 0 Å². The lowest BCUT2D eigenvalue weighted by atomic mass is 10.2. The van der Waals surface area contributed by atoms with Crippen LogP contribution < -0.4 is 4.87 Å². The number of aromatic amines is 1. The number of benzene rings is 1. The van der Waals surface area contributed by atoms with E-state index in [0.717, 1.165) is 15.7 Å². The van der Waals surface area contributed by atoms with E-state index >= 15 is 0 Å². The summed E-state index contributed by atoms with van der Waals surface area (Å²) in [5.74, 6) is 0. The van der Waals surface area contributed by atoms with Gasteiger partial charge in [0, 0.05) is 24.1 Å². The van der Waals surface area contributed by atoms with Gasteiger partial charge in [0.05, 0.1) is 10.2 Å². The molecule has 3 nitrogen and oxygen atoms in total. The molecule has 1 aromatic carbocycles. The predicted molar refractivity (Wildman–Crippen MR) is 58.9 cm³/mol. The Morgan fingerprint density at radius 3 is 3.14 bits per heavy atom. The highest BCUT2D eigenvalue weighted by Gasteiger charge is 2.03. The van der Waals surface area contributed by atoms with E-state index in [9.17, 15) is 4.79 Å². The molecule has 0 aliphatic heterocycles. The van der Waals surface area contributed by atoms with Crippen LogP contribution in [-0.2, 0) is 7.05 Å². The maximum Gasteiger partial charge on any atom is 0.305 e. The van der Waals surface area contributed by atoms with Crippen LogP contribution in [0.25, 0.3) is 21.1 Å². The van der Waals surface area contributed by atoms with Crippen LogP contribution in [0.4, 0.5) is 0 Å². The Labute approximate surface area is 83.6 Å². The minimum atomic E-state index is 0.00954. The average Bonchev–Trinajstić information content (AvgIpc) is 2.66. The van der Waals surface area contributed by atoms with Gasteiger partial charge >= 0.3 is 4.87 Å². The van der Waals surface area contributed by atoms with Crippen molar-refractivity contribution in [3.8, 4) is 0 Å². The van der Waals surface area contributed by atoms with Gasteiger partial charge in [0.1, 0.15) is 0 Å². The highest BCUT2D eigenvalue weighted by atomic mass is 32.1. The second kappa shape index (κ2) is 2.48. The number of H-pyrrole nitrogens is 1. The van der Waals surface area contributed by atoms with Gasteiger partial charge in [0.25, 0.3) is 0 Å². The number of fused-ring (bicyclic) bond motifs is 2. The van der Waals surface area contributed by atoms with Gasteiger partial charge in [0.2, 0.25) is 0 Å². The molecular weight excluding hydrogens is 196 g/mol. The van der Waals surface area contributed by atoms with Gasteiger partial charge in [-0.15, -0.1) is 0 Å². The molecule has 2 aromatic heterocycles. The highest BCUT2D eigenvalue weighted by molar-refractivity contribution is 7.16. The number of thiazole rings is 1. The van der Waals surface area contributed by atoms with Crippen molar-refractivity contribution in [2.75, 3.05) is 0 Å². The van der Waals surface area contributed by atoms with Crippen LogP contribution in [-0.4, -0.2) is 9.55 Å². The summed E-state index contributed by atoms with van der Waals surface area (Å²) >= 11 is 1.26. The predicted octanol–water partition coefficient (Wildman–Crippen LogP) is 2.08. The van der Waals surface area contributed by atoms with Crippen molar-refractivity contribution in [2.24, 2.45) is 7.05 Å². The molecule has 1 N–H and O–H groups in total. The number of aromatic nitrogens is 2. The zero-order valence-corrected chi connectivity index (χ0v) is 8.39. The molecule has 0 aliphatic rings. The molecular formula is C10H8N2OS. The lowest BCUT2D eigenvalue weighted by Crippen LogP contribution is -1.89. The Bertz CT molecular complexity index is 674. The molecule has 3 aromatic rings. The molecule has 14 heavy (non-hydrogen) atoms. The molecule has 0 saturated heterocycles. The van der Waals surface area contributed by atoms with Crippen LogP contribution in [0.3, 0.4) is 0 Å². The quantitative estimate of drug-likeness (QED) is 0.598. The summed E-state index contributed by atoms with van der Waals surface area (Å²) < 4.78 is 3.07. The molecule has 0 bridgehead atoms. The van der Waals surface area contributed by atoms with Crippen LogP contribution in [0, 0.1) is 0 Å². The van der Waals surface area contributed by atoms with E-state index in [1.807, 2.05) is 29.9 Å².